The Morgan fingerprint density at radius 3 is 2.63 bits per heavy atom. The average molecular weight is 265 g/mol. The monoisotopic (exact) mass is 265 g/mol. The second kappa shape index (κ2) is 5.20. The fourth-order valence-corrected chi connectivity index (χ4v) is 3.14. The first-order chi connectivity index (χ1) is 8.81. The molecule has 0 aliphatic heterocycles. The molecular formula is C16H24FNO. The summed E-state index contributed by atoms with van der Waals surface area (Å²) in [6.07, 6.45) is 7.27. The standard InChI is InChI=1S/C16H24FNO/c1-15(2,3)12-5-4-7-16(19,8-6-12)13-9-14(17)11-18-10-13/h9-12,19H,4-8H2,1-3H3. The number of pyridine rings is 1. The molecule has 1 heterocycles. The van der Waals surface area contributed by atoms with Gasteiger partial charge in [-0.15, -0.1) is 0 Å². The number of hydrogen-bond acceptors (Lipinski definition) is 2. The first-order valence-corrected chi connectivity index (χ1v) is 7.15. The van der Waals surface area contributed by atoms with Crippen molar-refractivity contribution < 1.29 is 9.50 Å². The van der Waals surface area contributed by atoms with Crippen molar-refractivity contribution in [2.24, 2.45) is 11.3 Å². The largest absolute Gasteiger partial charge is 0.385 e. The lowest BCUT2D eigenvalue weighted by Crippen LogP contribution is -2.26. The van der Waals surface area contributed by atoms with E-state index in [0.29, 0.717) is 24.3 Å². The maximum absolute atomic E-state index is 13.3. The highest BCUT2D eigenvalue weighted by Crippen LogP contribution is 2.43. The minimum absolute atomic E-state index is 0.269. The van der Waals surface area contributed by atoms with Gasteiger partial charge < -0.3 is 5.11 Å². The van der Waals surface area contributed by atoms with Crippen LogP contribution < -0.4 is 0 Å². The minimum Gasteiger partial charge on any atom is -0.385 e. The summed E-state index contributed by atoms with van der Waals surface area (Å²) in [5.74, 6) is 0.241. The van der Waals surface area contributed by atoms with E-state index in [1.54, 1.807) is 6.20 Å². The number of nitrogens with zero attached hydrogens (tertiary/aromatic N) is 1. The molecule has 1 N–H and O–H groups in total. The van der Waals surface area contributed by atoms with Crippen molar-refractivity contribution in [2.75, 3.05) is 0 Å². The summed E-state index contributed by atoms with van der Waals surface area (Å²) >= 11 is 0. The Kier molecular flexibility index (Phi) is 3.95. The lowest BCUT2D eigenvalue weighted by atomic mass is 9.76. The van der Waals surface area contributed by atoms with E-state index in [4.69, 9.17) is 0 Å². The highest BCUT2D eigenvalue weighted by Gasteiger charge is 2.36. The van der Waals surface area contributed by atoms with Crippen LogP contribution in [0.5, 0.6) is 0 Å². The SMILES string of the molecule is CC(C)(C)C1CCCC(O)(c2cncc(F)c2)CC1. The number of hydrogen-bond donors (Lipinski definition) is 1. The minimum atomic E-state index is -0.908. The highest BCUT2D eigenvalue weighted by molar-refractivity contribution is 5.19. The van der Waals surface area contributed by atoms with E-state index < -0.39 is 5.60 Å². The molecule has 1 fully saturated rings. The lowest BCUT2D eigenvalue weighted by Gasteiger charge is -2.31. The van der Waals surface area contributed by atoms with Crippen molar-refractivity contribution in [1.82, 2.24) is 4.98 Å². The third-order valence-corrected chi connectivity index (χ3v) is 4.52. The molecule has 1 aromatic heterocycles. The van der Waals surface area contributed by atoms with E-state index in [1.807, 2.05) is 0 Å². The van der Waals surface area contributed by atoms with E-state index in [1.165, 1.54) is 12.3 Å². The van der Waals surface area contributed by atoms with Gasteiger partial charge in [0.1, 0.15) is 5.82 Å². The van der Waals surface area contributed by atoms with Crippen molar-refractivity contribution in [2.45, 2.75) is 58.5 Å². The predicted octanol–water partition coefficient (Wildman–Crippen LogP) is 4.03. The molecule has 0 radical (unpaired) electrons. The van der Waals surface area contributed by atoms with Crippen LogP contribution in [0.15, 0.2) is 18.5 Å². The number of rotatable bonds is 1. The maximum atomic E-state index is 13.3. The summed E-state index contributed by atoms with van der Waals surface area (Å²) in [6, 6.07) is 1.42. The molecule has 19 heavy (non-hydrogen) atoms. The average Bonchev–Trinajstić information content (AvgIpc) is 2.52. The topological polar surface area (TPSA) is 33.1 Å². The Morgan fingerprint density at radius 1 is 1.26 bits per heavy atom. The molecule has 2 atom stereocenters. The van der Waals surface area contributed by atoms with Crippen molar-refractivity contribution >= 4 is 0 Å². The summed E-state index contributed by atoms with van der Waals surface area (Å²) in [7, 11) is 0. The second-order valence-corrected chi connectivity index (χ2v) is 6.92. The molecule has 0 amide bonds. The van der Waals surface area contributed by atoms with Crippen LogP contribution in [0.4, 0.5) is 4.39 Å². The van der Waals surface area contributed by atoms with Gasteiger partial charge in [-0.3, -0.25) is 4.98 Å². The summed E-state index contributed by atoms with van der Waals surface area (Å²) in [4.78, 5) is 3.87. The van der Waals surface area contributed by atoms with Gasteiger partial charge in [0.25, 0.3) is 0 Å². The van der Waals surface area contributed by atoms with Crippen LogP contribution in [0.3, 0.4) is 0 Å². The first kappa shape index (κ1) is 14.4. The van der Waals surface area contributed by atoms with Crippen molar-refractivity contribution in [3.05, 3.63) is 29.8 Å². The van der Waals surface area contributed by atoms with Gasteiger partial charge in [-0.25, -0.2) is 4.39 Å². The molecule has 0 spiro atoms. The fraction of sp³-hybridized carbons (Fsp3) is 0.688. The van der Waals surface area contributed by atoms with Gasteiger partial charge in [0.15, 0.2) is 0 Å². The predicted molar refractivity (Wildman–Crippen MR) is 74.1 cm³/mol. The molecule has 1 saturated carbocycles. The molecule has 0 bridgehead atoms. The first-order valence-electron chi connectivity index (χ1n) is 7.15. The molecule has 2 rings (SSSR count). The maximum Gasteiger partial charge on any atom is 0.141 e. The molecular weight excluding hydrogens is 241 g/mol. The van der Waals surface area contributed by atoms with Gasteiger partial charge in [-0.05, 0) is 49.5 Å². The van der Waals surface area contributed by atoms with Crippen LogP contribution in [-0.2, 0) is 5.60 Å². The van der Waals surface area contributed by atoms with Gasteiger partial charge >= 0.3 is 0 Å². The van der Waals surface area contributed by atoms with Crippen LogP contribution in [0.2, 0.25) is 0 Å². The number of halogens is 1. The van der Waals surface area contributed by atoms with Gasteiger partial charge in [0.05, 0.1) is 11.8 Å². The van der Waals surface area contributed by atoms with E-state index >= 15 is 0 Å². The molecule has 1 aliphatic carbocycles. The second-order valence-electron chi connectivity index (χ2n) is 6.92. The van der Waals surface area contributed by atoms with Gasteiger partial charge in [-0.2, -0.15) is 0 Å². The zero-order chi connectivity index (χ0) is 14.1. The summed E-state index contributed by atoms with van der Waals surface area (Å²) in [6.45, 7) is 6.77. The van der Waals surface area contributed by atoms with Gasteiger partial charge in [0, 0.05) is 11.8 Å². The Morgan fingerprint density at radius 2 is 2.00 bits per heavy atom. The van der Waals surface area contributed by atoms with Crippen molar-refractivity contribution in [3.8, 4) is 0 Å². The zero-order valence-electron chi connectivity index (χ0n) is 12.1. The van der Waals surface area contributed by atoms with Crippen LogP contribution in [0, 0.1) is 17.2 Å². The smallest absolute Gasteiger partial charge is 0.141 e. The van der Waals surface area contributed by atoms with Crippen molar-refractivity contribution in [1.29, 1.82) is 0 Å². The fourth-order valence-electron chi connectivity index (χ4n) is 3.14. The Hall–Kier alpha value is -0.960. The summed E-state index contributed by atoms with van der Waals surface area (Å²) in [5, 5.41) is 10.8. The Labute approximate surface area is 115 Å². The molecule has 2 nitrogen and oxygen atoms in total. The molecule has 3 heteroatoms. The van der Waals surface area contributed by atoms with Crippen LogP contribution >= 0.6 is 0 Å². The number of aromatic nitrogens is 1. The van der Waals surface area contributed by atoms with Gasteiger partial charge in [0.2, 0.25) is 0 Å². The molecule has 2 unspecified atom stereocenters. The van der Waals surface area contributed by atoms with Crippen molar-refractivity contribution in [3.63, 3.8) is 0 Å². The Bertz CT molecular complexity index is 441. The van der Waals surface area contributed by atoms with E-state index in [9.17, 15) is 9.50 Å². The third-order valence-electron chi connectivity index (χ3n) is 4.52. The highest BCUT2D eigenvalue weighted by atomic mass is 19.1. The summed E-state index contributed by atoms with van der Waals surface area (Å²) in [5.41, 5.74) is -0.0114. The molecule has 0 saturated heterocycles. The van der Waals surface area contributed by atoms with Crippen LogP contribution in [-0.4, -0.2) is 10.1 Å². The molecule has 1 aromatic rings. The molecule has 106 valence electrons. The van der Waals surface area contributed by atoms with E-state index in [2.05, 4.69) is 25.8 Å². The third kappa shape index (κ3) is 3.33. The summed E-state index contributed by atoms with van der Waals surface area (Å²) < 4.78 is 13.3. The van der Waals surface area contributed by atoms with E-state index in [-0.39, 0.29) is 11.2 Å². The van der Waals surface area contributed by atoms with E-state index in [0.717, 1.165) is 19.3 Å². The molecule has 0 aromatic carbocycles. The lowest BCUT2D eigenvalue weighted by molar-refractivity contribution is 0.0173. The van der Waals surface area contributed by atoms with Crippen LogP contribution in [0.25, 0.3) is 0 Å². The number of aliphatic hydroxyl groups is 1. The van der Waals surface area contributed by atoms with Crippen LogP contribution in [0.1, 0.15) is 58.4 Å². The quantitative estimate of drug-likeness (QED) is 0.777. The Balaban J connectivity index is 2.18. The zero-order valence-corrected chi connectivity index (χ0v) is 12.1. The van der Waals surface area contributed by atoms with Gasteiger partial charge in [-0.1, -0.05) is 20.8 Å². The molecule has 1 aliphatic rings. The normalized spacial score (nSPS) is 29.0.